The lowest BCUT2D eigenvalue weighted by molar-refractivity contribution is 0.0769. The lowest BCUT2D eigenvalue weighted by atomic mass is 9.76. The van der Waals surface area contributed by atoms with Gasteiger partial charge in [-0.3, -0.25) is 4.90 Å². The highest BCUT2D eigenvalue weighted by atomic mass is 16.5. The van der Waals surface area contributed by atoms with E-state index in [1.54, 1.807) is 0 Å². The van der Waals surface area contributed by atoms with Gasteiger partial charge in [0.2, 0.25) is 0 Å². The van der Waals surface area contributed by atoms with E-state index in [0.29, 0.717) is 12.0 Å². The highest BCUT2D eigenvalue weighted by Gasteiger charge is 2.37. The Hall–Kier alpha value is -0.940. The molecule has 23 heavy (non-hydrogen) atoms. The molecule has 3 saturated carbocycles. The number of ether oxygens (including phenoxy) is 1. The fourth-order valence-corrected chi connectivity index (χ4v) is 4.24. The molecular formula is C18H28N4O. The van der Waals surface area contributed by atoms with E-state index >= 15 is 0 Å². The molecule has 0 aromatic carbocycles. The SMILES string of the molecule is C1CC(C2COCCN(Cc3nnc(C4CC4)n3C3CC3)C2)C1. The smallest absolute Gasteiger partial charge is 0.147 e. The second-order valence-electron chi connectivity index (χ2n) is 8.11. The van der Waals surface area contributed by atoms with Crippen molar-refractivity contribution < 1.29 is 4.74 Å². The Morgan fingerprint density at radius 3 is 2.57 bits per heavy atom. The van der Waals surface area contributed by atoms with Gasteiger partial charge in [0.1, 0.15) is 11.6 Å². The van der Waals surface area contributed by atoms with E-state index < -0.39 is 0 Å². The summed E-state index contributed by atoms with van der Waals surface area (Å²) in [5.74, 6) is 4.82. The Balaban J connectivity index is 1.32. The second kappa shape index (κ2) is 5.85. The first-order chi connectivity index (χ1) is 11.4. The first-order valence-corrected chi connectivity index (χ1v) is 9.62. The van der Waals surface area contributed by atoms with Crippen molar-refractivity contribution in [1.82, 2.24) is 19.7 Å². The molecule has 4 fully saturated rings. The van der Waals surface area contributed by atoms with Crippen molar-refractivity contribution in [2.24, 2.45) is 11.8 Å². The van der Waals surface area contributed by atoms with E-state index in [1.807, 2.05) is 0 Å². The van der Waals surface area contributed by atoms with Gasteiger partial charge in [0.25, 0.3) is 0 Å². The van der Waals surface area contributed by atoms with E-state index in [2.05, 4.69) is 19.7 Å². The molecule has 5 rings (SSSR count). The molecule has 0 bridgehead atoms. The van der Waals surface area contributed by atoms with Crippen LogP contribution >= 0.6 is 0 Å². The number of aromatic nitrogens is 3. The van der Waals surface area contributed by atoms with Gasteiger partial charge in [-0.2, -0.15) is 0 Å². The van der Waals surface area contributed by atoms with Crippen molar-refractivity contribution in [3.63, 3.8) is 0 Å². The van der Waals surface area contributed by atoms with Gasteiger partial charge in [-0.15, -0.1) is 10.2 Å². The Labute approximate surface area is 138 Å². The summed E-state index contributed by atoms with van der Waals surface area (Å²) in [6.07, 6.45) is 9.50. The Morgan fingerprint density at radius 2 is 1.87 bits per heavy atom. The van der Waals surface area contributed by atoms with Gasteiger partial charge in [-0.05, 0) is 37.5 Å². The largest absolute Gasteiger partial charge is 0.380 e. The minimum atomic E-state index is 0.696. The first-order valence-electron chi connectivity index (χ1n) is 9.62. The molecule has 1 aliphatic heterocycles. The molecule has 5 heteroatoms. The molecule has 1 aromatic rings. The van der Waals surface area contributed by atoms with Gasteiger partial charge in [0, 0.05) is 25.0 Å². The van der Waals surface area contributed by atoms with Crippen LogP contribution in [-0.2, 0) is 11.3 Å². The zero-order valence-electron chi connectivity index (χ0n) is 14.0. The van der Waals surface area contributed by atoms with E-state index in [9.17, 15) is 0 Å². The molecule has 0 amide bonds. The zero-order chi connectivity index (χ0) is 15.2. The van der Waals surface area contributed by atoms with Crippen LogP contribution < -0.4 is 0 Å². The van der Waals surface area contributed by atoms with Crippen molar-refractivity contribution in [3.05, 3.63) is 11.6 Å². The summed E-state index contributed by atoms with van der Waals surface area (Å²) in [6, 6.07) is 0.696. The second-order valence-corrected chi connectivity index (χ2v) is 8.11. The maximum atomic E-state index is 5.89. The molecule has 126 valence electrons. The molecular weight excluding hydrogens is 288 g/mol. The van der Waals surface area contributed by atoms with E-state index in [0.717, 1.165) is 38.1 Å². The zero-order valence-corrected chi connectivity index (χ0v) is 14.0. The van der Waals surface area contributed by atoms with E-state index in [4.69, 9.17) is 4.74 Å². The first kappa shape index (κ1) is 14.4. The quantitative estimate of drug-likeness (QED) is 0.838. The maximum Gasteiger partial charge on any atom is 0.147 e. The Bertz CT molecular complexity index is 559. The molecule has 2 heterocycles. The van der Waals surface area contributed by atoms with Gasteiger partial charge < -0.3 is 9.30 Å². The van der Waals surface area contributed by atoms with Crippen LogP contribution in [0.1, 0.15) is 68.6 Å². The van der Waals surface area contributed by atoms with Crippen molar-refractivity contribution in [2.75, 3.05) is 26.3 Å². The van der Waals surface area contributed by atoms with Crippen molar-refractivity contribution in [1.29, 1.82) is 0 Å². The highest BCUT2D eigenvalue weighted by molar-refractivity contribution is 5.12. The summed E-state index contributed by atoms with van der Waals surface area (Å²) in [6.45, 7) is 5.02. The van der Waals surface area contributed by atoms with Gasteiger partial charge in [-0.1, -0.05) is 19.3 Å². The van der Waals surface area contributed by atoms with Gasteiger partial charge in [0.05, 0.1) is 19.8 Å². The van der Waals surface area contributed by atoms with Crippen LogP contribution in [0, 0.1) is 11.8 Å². The number of hydrogen-bond acceptors (Lipinski definition) is 4. The van der Waals surface area contributed by atoms with Crippen LogP contribution in [0.5, 0.6) is 0 Å². The summed E-state index contributed by atoms with van der Waals surface area (Å²) in [5, 5.41) is 9.16. The molecule has 0 spiro atoms. The Morgan fingerprint density at radius 1 is 1.00 bits per heavy atom. The molecule has 3 aliphatic carbocycles. The minimum absolute atomic E-state index is 0.696. The summed E-state index contributed by atoms with van der Waals surface area (Å²) < 4.78 is 8.39. The summed E-state index contributed by atoms with van der Waals surface area (Å²) in [4.78, 5) is 2.58. The summed E-state index contributed by atoms with van der Waals surface area (Å²) in [7, 11) is 0. The van der Waals surface area contributed by atoms with Gasteiger partial charge >= 0.3 is 0 Å². The van der Waals surface area contributed by atoms with Crippen LogP contribution in [0.3, 0.4) is 0 Å². The summed E-state index contributed by atoms with van der Waals surface area (Å²) in [5.41, 5.74) is 0. The number of hydrogen-bond donors (Lipinski definition) is 0. The lowest BCUT2D eigenvalue weighted by Gasteiger charge is -2.34. The van der Waals surface area contributed by atoms with Crippen LogP contribution in [-0.4, -0.2) is 46.0 Å². The number of nitrogens with zero attached hydrogens (tertiary/aromatic N) is 4. The highest BCUT2D eigenvalue weighted by Crippen LogP contribution is 2.45. The lowest BCUT2D eigenvalue weighted by Crippen LogP contribution is -2.35. The summed E-state index contributed by atoms with van der Waals surface area (Å²) >= 11 is 0. The molecule has 5 nitrogen and oxygen atoms in total. The molecule has 1 unspecified atom stereocenters. The third-order valence-electron chi connectivity index (χ3n) is 6.21. The average molecular weight is 316 g/mol. The van der Waals surface area contributed by atoms with Gasteiger partial charge in [-0.25, -0.2) is 0 Å². The third kappa shape index (κ3) is 2.93. The molecule has 4 aliphatic rings. The van der Waals surface area contributed by atoms with E-state index in [1.165, 1.54) is 63.1 Å². The average Bonchev–Trinajstić information content (AvgIpc) is 3.37. The number of rotatable bonds is 5. The van der Waals surface area contributed by atoms with Crippen LogP contribution in [0.15, 0.2) is 0 Å². The van der Waals surface area contributed by atoms with Crippen LogP contribution in [0.2, 0.25) is 0 Å². The molecule has 1 atom stereocenters. The van der Waals surface area contributed by atoms with Crippen molar-refractivity contribution in [2.45, 2.75) is 63.5 Å². The predicted octanol–water partition coefficient (Wildman–Crippen LogP) is 2.74. The fraction of sp³-hybridized carbons (Fsp3) is 0.889. The molecule has 0 N–H and O–H groups in total. The topological polar surface area (TPSA) is 43.2 Å². The molecule has 1 saturated heterocycles. The van der Waals surface area contributed by atoms with Crippen LogP contribution in [0.25, 0.3) is 0 Å². The van der Waals surface area contributed by atoms with Crippen LogP contribution in [0.4, 0.5) is 0 Å². The monoisotopic (exact) mass is 316 g/mol. The molecule has 1 aromatic heterocycles. The fourth-order valence-electron chi connectivity index (χ4n) is 4.24. The van der Waals surface area contributed by atoms with Gasteiger partial charge in [0.15, 0.2) is 0 Å². The standard InChI is InChI=1S/C18H28N4O/c1-2-13(3-1)15-10-21(8-9-23-12-15)11-17-19-20-18(14-4-5-14)22(17)16-6-7-16/h13-16H,1-12H2. The van der Waals surface area contributed by atoms with E-state index in [-0.39, 0.29) is 0 Å². The van der Waals surface area contributed by atoms with Crippen molar-refractivity contribution >= 4 is 0 Å². The molecule has 0 radical (unpaired) electrons. The minimum Gasteiger partial charge on any atom is -0.380 e. The maximum absolute atomic E-state index is 5.89. The normalized spacial score (nSPS) is 30.2. The predicted molar refractivity (Wildman–Crippen MR) is 87.2 cm³/mol. The third-order valence-corrected chi connectivity index (χ3v) is 6.21. The Kier molecular flexibility index (Phi) is 3.66. The van der Waals surface area contributed by atoms with Crippen molar-refractivity contribution in [3.8, 4) is 0 Å².